The zero-order chi connectivity index (χ0) is 18.5. The maximum Gasteiger partial charge on any atom is 0.320 e. The molecule has 1 aliphatic heterocycles. The van der Waals surface area contributed by atoms with Crippen molar-refractivity contribution >= 4 is 23.6 Å². The van der Waals surface area contributed by atoms with Crippen molar-refractivity contribution in [1.29, 1.82) is 0 Å². The van der Waals surface area contributed by atoms with Crippen molar-refractivity contribution in [3.63, 3.8) is 0 Å². The Morgan fingerprint density at radius 3 is 2.46 bits per heavy atom. The molecule has 0 saturated carbocycles. The molecular formula is C17H22N6O3. The van der Waals surface area contributed by atoms with Crippen LogP contribution in [0.2, 0.25) is 0 Å². The molecule has 0 bridgehead atoms. The van der Waals surface area contributed by atoms with Gasteiger partial charge in [0.15, 0.2) is 17.4 Å². The molecule has 1 aliphatic rings. The van der Waals surface area contributed by atoms with Crippen LogP contribution in [0.5, 0.6) is 0 Å². The first-order chi connectivity index (χ1) is 12.5. The van der Waals surface area contributed by atoms with Crippen molar-refractivity contribution in [1.82, 2.24) is 20.4 Å². The number of urea groups is 1. The molecule has 0 aromatic carbocycles. The molecule has 3 heterocycles. The third-order valence-electron chi connectivity index (χ3n) is 3.93. The minimum Gasteiger partial charge on any atom is -0.459 e. The molecule has 0 aliphatic carbocycles. The molecule has 3 amide bonds. The lowest BCUT2D eigenvalue weighted by molar-refractivity contribution is 0.0714. The van der Waals surface area contributed by atoms with Gasteiger partial charge in [0.1, 0.15) is 0 Å². The van der Waals surface area contributed by atoms with Crippen LogP contribution in [0.3, 0.4) is 0 Å². The van der Waals surface area contributed by atoms with Crippen LogP contribution in [0, 0.1) is 0 Å². The molecule has 3 rings (SSSR count). The molecule has 1 saturated heterocycles. The number of furan rings is 1. The summed E-state index contributed by atoms with van der Waals surface area (Å²) >= 11 is 0. The highest BCUT2D eigenvalue weighted by atomic mass is 16.3. The molecule has 0 unspecified atom stereocenters. The smallest absolute Gasteiger partial charge is 0.320 e. The van der Waals surface area contributed by atoms with Gasteiger partial charge in [-0.3, -0.25) is 10.1 Å². The van der Waals surface area contributed by atoms with Gasteiger partial charge in [-0.1, -0.05) is 0 Å². The molecule has 9 nitrogen and oxygen atoms in total. The monoisotopic (exact) mass is 358 g/mol. The fourth-order valence-corrected chi connectivity index (χ4v) is 2.67. The van der Waals surface area contributed by atoms with E-state index in [0.717, 1.165) is 0 Å². The van der Waals surface area contributed by atoms with Crippen molar-refractivity contribution in [2.24, 2.45) is 0 Å². The number of hydrogen-bond acceptors (Lipinski definition) is 6. The van der Waals surface area contributed by atoms with Gasteiger partial charge in [0.2, 0.25) is 0 Å². The van der Waals surface area contributed by atoms with Crippen molar-refractivity contribution < 1.29 is 14.0 Å². The summed E-state index contributed by atoms with van der Waals surface area (Å²) in [5.74, 6) is 1.35. The average Bonchev–Trinajstić information content (AvgIpc) is 3.16. The first-order valence-corrected chi connectivity index (χ1v) is 8.52. The molecule has 2 N–H and O–H groups in total. The van der Waals surface area contributed by atoms with Gasteiger partial charge in [-0.15, -0.1) is 10.2 Å². The number of amides is 3. The van der Waals surface area contributed by atoms with E-state index >= 15 is 0 Å². The number of aromatic nitrogens is 2. The number of nitrogens with zero attached hydrogens (tertiary/aromatic N) is 4. The Morgan fingerprint density at radius 1 is 1.12 bits per heavy atom. The van der Waals surface area contributed by atoms with Gasteiger partial charge >= 0.3 is 6.03 Å². The zero-order valence-electron chi connectivity index (χ0n) is 14.8. The van der Waals surface area contributed by atoms with Crippen molar-refractivity contribution in [2.75, 3.05) is 36.4 Å². The summed E-state index contributed by atoms with van der Waals surface area (Å²) < 4.78 is 5.16. The first-order valence-electron chi connectivity index (χ1n) is 8.52. The second kappa shape index (κ2) is 7.85. The van der Waals surface area contributed by atoms with E-state index in [1.54, 1.807) is 23.1 Å². The highest BCUT2D eigenvalue weighted by Gasteiger charge is 2.24. The third-order valence-corrected chi connectivity index (χ3v) is 3.93. The Labute approximate surface area is 151 Å². The van der Waals surface area contributed by atoms with Crippen LogP contribution >= 0.6 is 0 Å². The summed E-state index contributed by atoms with van der Waals surface area (Å²) in [6, 6.07) is 6.62. The SMILES string of the molecule is CC(C)NC(=O)Nc1ccc(N2CCN(C(=O)c3ccco3)CC2)nn1. The number of piperazine rings is 1. The number of carbonyl (C=O) groups is 2. The van der Waals surface area contributed by atoms with Gasteiger partial charge < -0.3 is 19.5 Å². The minimum atomic E-state index is -0.313. The van der Waals surface area contributed by atoms with Gasteiger partial charge in [0, 0.05) is 32.2 Å². The molecule has 2 aromatic heterocycles. The van der Waals surface area contributed by atoms with Crippen LogP contribution < -0.4 is 15.5 Å². The fraction of sp³-hybridized carbons (Fsp3) is 0.412. The Bertz CT molecular complexity index is 736. The second-order valence-corrected chi connectivity index (χ2v) is 6.29. The topological polar surface area (TPSA) is 104 Å². The number of nitrogens with one attached hydrogen (secondary N) is 2. The molecule has 2 aromatic rings. The van der Waals surface area contributed by atoms with E-state index in [9.17, 15) is 9.59 Å². The van der Waals surface area contributed by atoms with E-state index < -0.39 is 0 Å². The summed E-state index contributed by atoms with van der Waals surface area (Å²) in [6.07, 6.45) is 1.50. The van der Waals surface area contributed by atoms with Crippen LogP contribution in [-0.2, 0) is 0 Å². The number of hydrogen-bond donors (Lipinski definition) is 2. The number of anilines is 2. The minimum absolute atomic E-state index is 0.0439. The Kier molecular flexibility index (Phi) is 5.35. The van der Waals surface area contributed by atoms with E-state index in [0.29, 0.717) is 43.6 Å². The van der Waals surface area contributed by atoms with Gasteiger partial charge in [0.05, 0.1) is 6.26 Å². The van der Waals surface area contributed by atoms with Crippen LogP contribution in [0.25, 0.3) is 0 Å². The van der Waals surface area contributed by atoms with E-state index in [-0.39, 0.29) is 18.0 Å². The summed E-state index contributed by atoms with van der Waals surface area (Å²) in [5, 5.41) is 13.6. The summed E-state index contributed by atoms with van der Waals surface area (Å²) in [4.78, 5) is 27.7. The molecule has 0 atom stereocenters. The van der Waals surface area contributed by atoms with Crippen LogP contribution in [-0.4, -0.2) is 59.3 Å². The van der Waals surface area contributed by atoms with Gasteiger partial charge in [0.25, 0.3) is 5.91 Å². The van der Waals surface area contributed by atoms with Crippen molar-refractivity contribution in [3.05, 3.63) is 36.3 Å². The second-order valence-electron chi connectivity index (χ2n) is 6.29. The maximum atomic E-state index is 12.3. The molecule has 0 radical (unpaired) electrons. The highest BCUT2D eigenvalue weighted by Crippen LogP contribution is 2.16. The van der Waals surface area contributed by atoms with Gasteiger partial charge in [-0.05, 0) is 38.1 Å². The van der Waals surface area contributed by atoms with E-state index in [1.165, 1.54) is 6.26 Å². The Balaban J connectivity index is 1.53. The standard InChI is InChI=1S/C17H22N6O3/c1-12(2)18-17(25)19-14-5-6-15(21-20-14)22-7-9-23(10-8-22)16(24)13-4-3-11-26-13/h3-6,11-12H,7-10H2,1-2H3,(H2,18,19,20,25). The lowest BCUT2D eigenvalue weighted by Gasteiger charge is -2.34. The summed E-state index contributed by atoms with van der Waals surface area (Å²) in [5.41, 5.74) is 0. The normalized spacial score (nSPS) is 14.4. The lowest BCUT2D eigenvalue weighted by Crippen LogP contribution is -2.49. The molecule has 9 heteroatoms. The zero-order valence-corrected chi connectivity index (χ0v) is 14.8. The van der Waals surface area contributed by atoms with Gasteiger partial charge in [-0.2, -0.15) is 0 Å². The third kappa shape index (κ3) is 4.29. The van der Waals surface area contributed by atoms with Crippen LogP contribution in [0.15, 0.2) is 34.9 Å². The quantitative estimate of drug-likeness (QED) is 0.860. The fourth-order valence-electron chi connectivity index (χ4n) is 2.67. The molecule has 26 heavy (non-hydrogen) atoms. The van der Waals surface area contributed by atoms with E-state index in [1.807, 2.05) is 19.9 Å². The van der Waals surface area contributed by atoms with Gasteiger partial charge in [-0.25, -0.2) is 4.79 Å². The highest BCUT2D eigenvalue weighted by molar-refractivity contribution is 5.91. The van der Waals surface area contributed by atoms with Crippen molar-refractivity contribution in [2.45, 2.75) is 19.9 Å². The van der Waals surface area contributed by atoms with Crippen molar-refractivity contribution in [3.8, 4) is 0 Å². The predicted octanol–water partition coefficient (Wildman–Crippen LogP) is 1.56. The maximum absolute atomic E-state index is 12.3. The first kappa shape index (κ1) is 17.7. The number of carbonyl (C=O) groups excluding carboxylic acids is 2. The molecule has 0 spiro atoms. The molecule has 138 valence electrons. The van der Waals surface area contributed by atoms with E-state index in [2.05, 4.69) is 25.7 Å². The average molecular weight is 358 g/mol. The van der Waals surface area contributed by atoms with Crippen LogP contribution in [0.1, 0.15) is 24.4 Å². The Hall–Kier alpha value is -3.10. The van der Waals surface area contributed by atoms with E-state index in [4.69, 9.17) is 4.42 Å². The number of rotatable bonds is 4. The summed E-state index contributed by atoms with van der Waals surface area (Å²) in [6.45, 7) is 6.23. The Morgan fingerprint density at radius 2 is 1.88 bits per heavy atom. The molecule has 1 fully saturated rings. The predicted molar refractivity (Wildman–Crippen MR) is 96.1 cm³/mol. The van der Waals surface area contributed by atoms with Crippen LogP contribution in [0.4, 0.5) is 16.4 Å². The summed E-state index contributed by atoms with van der Waals surface area (Å²) in [7, 11) is 0. The molecular weight excluding hydrogens is 336 g/mol. The largest absolute Gasteiger partial charge is 0.459 e. The lowest BCUT2D eigenvalue weighted by atomic mass is 10.3.